The summed E-state index contributed by atoms with van der Waals surface area (Å²) >= 11 is 1.75. The molecule has 42 heavy (non-hydrogen) atoms. The zero-order valence-corrected chi connectivity index (χ0v) is 24.1. The summed E-state index contributed by atoms with van der Waals surface area (Å²) in [5, 5.41) is 0.173. The Hall–Kier alpha value is -3.87. The van der Waals surface area contributed by atoms with Crippen molar-refractivity contribution in [3.63, 3.8) is 0 Å². The molecule has 0 saturated carbocycles. The second-order valence-corrected chi connectivity index (χ2v) is 11.6. The number of carbonyl (C=O) groups excluding carboxylic acids is 1. The number of carbonyl (C=O) groups is 1. The number of hydrogen-bond donors (Lipinski definition) is 1. The third-order valence-electron chi connectivity index (χ3n) is 7.19. The first kappa shape index (κ1) is 29.6. The summed E-state index contributed by atoms with van der Waals surface area (Å²) in [7, 11) is 0. The molecule has 5 heterocycles. The number of hydrogen-bond acceptors (Lipinski definition) is 6. The Balaban J connectivity index is 1.49. The first-order chi connectivity index (χ1) is 20.1. The molecule has 1 fully saturated rings. The van der Waals surface area contributed by atoms with Crippen molar-refractivity contribution in [2.24, 2.45) is 0 Å². The first-order valence-electron chi connectivity index (χ1n) is 13.9. The van der Waals surface area contributed by atoms with Gasteiger partial charge < -0.3 is 4.98 Å². The molecule has 0 aromatic carbocycles. The van der Waals surface area contributed by atoms with Gasteiger partial charge >= 0.3 is 11.9 Å². The molecule has 1 unspecified atom stereocenters. The Labute approximate surface area is 243 Å². The van der Waals surface area contributed by atoms with Crippen molar-refractivity contribution in [2.45, 2.75) is 64.0 Å². The highest BCUT2D eigenvalue weighted by atomic mass is 32.2. The van der Waals surface area contributed by atoms with E-state index in [-0.39, 0.29) is 22.1 Å². The molecule has 1 N–H and O–H groups in total. The molecule has 4 aromatic rings. The number of nitrogens with zero attached hydrogens (tertiary/aromatic N) is 5. The molecular weight excluding hydrogens is 569 g/mol. The van der Waals surface area contributed by atoms with Crippen LogP contribution in [0.1, 0.15) is 55.6 Å². The maximum atomic E-state index is 13.5. The molecule has 0 spiro atoms. The highest BCUT2D eigenvalue weighted by molar-refractivity contribution is 8.00. The van der Waals surface area contributed by atoms with Crippen LogP contribution in [0.4, 0.5) is 19.0 Å². The first-order valence-corrected chi connectivity index (χ1v) is 15.0. The van der Waals surface area contributed by atoms with Crippen LogP contribution >= 0.6 is 11.8 Å². The van der Waals surface area contributed by atoms with E-state index in [0.717, 1.165) is 36.9 Å². The van der Waals surface area contributed by atoms with Gasteiger partial charge in [-0.15, -0.1) is 0 Å². The number of amides is 1. The zero-order chi connectivity index (χ0) is 30.0. The number of fused-ring (bicyclic) bond motifs is 1. The fourth-order valence-corrected chi connectivity index (χ4v) is 6.38. The standard InChI is InChI=1S/C29H31F3N6O3S/c1-3-11-36-22-14-21(35-25(22)27(40)37(12-4-2)28(36)41)18-8-10-24(34-15-18)38(17-20-6-5-13-42-20)26(39)19-7-9-23(33-16-19)29(30,31)32/h7-10,14-16,20,35H,3-6,11-13,17H2,1-2H3. The Morgan fingerprint density at radius 3 is 2.43 bits per heavy atom. The molecule has 5 rings (SSSR count). The summed E-state index contributed by atoms with van der Waals surface area (Å²) < 4.78 is 41.9. The van der Waals surface area contributed by atoms with E-state index in [9.17, 15) is 27.6 Å². The van der Waals surface area contributed by atoms with Crippen molar-refractivity contribution < 1.29 is 18.0 Å². The number of aromatic amines is 1. The van der Waals surface area contributed by atoms with Gasteiger partial charge in [0, 0.05) is 48.5 Å². The van der Waals surface area contributed by atoms with Crippen molar-refractivity contribution in [2.75, 3.05) is 17.2 Å². The van der Waals surface area contributed by atoms with Gasteiger partial charge in [0.15, 0.2) is 0 Å². The molecular formula is C29H31F3N6O3S. The maximum absolute atomic E-state index is 13.5. The van der Waals surface area contributed by atoms with Crippen molar-refractivity contribution in [1.29, 1.82) is 0 Å². The molecule has 1 aliphatic heterocycles. The van der Waals surface area contributed by atoms with Crippen LogP contribution in [0.3, 0.4) is 0 Å². The van der Waals surface area contributed by atoms with Gasteiger partial charge in [-0.05, 0) is 61.8 Å². The molecule has 9 nitrogen and oxygen atoms in total. The van der Waals surface area contributed by atoms with E-state index in [2.05, 4.69) is 15.0 Å². The monoisotopic (exact) mass is 600 g/mol. The molecule has 0 radical (unpaired) electrons. The molecule has 1 saturated heterocycles. The predicted octanol–water partition coefficient (Wildman–Crippen LogP) is 5.33. The largest absolute Gasteiger partial charge is 0.433 e. The lowest BCUT2D eigenvalue weighted by Crippen LogP contribution is -2.39. The van der Waals surface area contributed by atoms with Gasteiger partial charge in [-0.2, -0.15) is 24.9 Å². The number of rotatable bonds is 9. The van der Waals surface area contributed by atoms with Crippen molar-refractivity contribution in [3.05, 3.63) is 74.8 Å². The molecule has 0 bridgehead atoms. The number of pyridine rings is 2. The summed E-state index contributed by atoms with van der Waals surface area (Å²) in [5.74, 6) is 0.833. The highest BCUT2D eigenvalue weighted by Crippen LogP contribution is 2.31. The number of thioether (sulfide) groups is 1. The lowest BCUT2D eigenvalue weighted by atomic mass is 10.1. The number of aromatic nitrogens is 5. The van der Waals surface area contributed by atoms with Crippen LogP contribution in [-0.2, 0) is 19.3 Å². The topological polar surface area (TPSA) is 106 Å². The SMILES string of the molecule is CCCn1c(=O)c2[nH]c(-c3ccc(N(CC4CCCS4)C(=O)c4ccc(C(F)(F)F)nc4)nc3)cc2n(CCC)c1=O. The van der Waals surface area contributed by atoms with Crippen LogP contribution in [0, 0.1) is 0 Å². The Morgan fingerprint density at radius 1 is 1.07 bits per heavy atom. The number of anilines is 1. The Bertz CT molecular complexity index is 1690. The number of aryl methyl sites for hydroxylation is 1. The summed E-state index contributed by atoms with van der Waals surface area (Å²) in [6.45, 7) is 4.99. The van der Waals surface area contributed by atoms with Gasteiger partial charge in [0.1, 0.15) is 17.0 Å². The molecule has 4 aromatic heterocycles. The van der Waals surface area contributed by atoms with Gasteiger partial charge in [-0.25, -0.2) is 9.78 Å². The van der Waals surface area contributed by atoms with Crippen molar-refractivity contribution in [3.8, 4) is 11.3 Å². The van der Waals surface area contributed by atoms with Crippen LogP contribution in [-0.4, -0.2) is 47.5 Å². The second kappa shape index (κ2) is 12.2. The molecule has 1 aliphatic rings. The molecule has 1 amide bonds. The molecule has 0 aliphatic carbocycles. The van der Waals surface area contributed by atoms with Crippen LogP contribution in [0.25, 0.3) is 22.3 Å². The van der Waals surface area contributed by atoms with Gasteiger partial charge in [0.2, 0.25) is 0 Å². The van der Waals surface area contributed by atoms with Gasteiger partial charge in [-0.1, -0.05) is 13.8 Å². The van der Waals surface area contributed by atoms with E-state index in [0.29, 0.717) is 60.6 Å². The minimum atomic E-state index is -4.60. The van der Waals surface area contributed by atoms with Crippen molar-refractivity contribution in [1.82, 2.24) is 24.1 Å². The van der Waals surface area contributed by atoms with Crippen LogP contribution in [0.5, 0.6) is 0 Å². The van der Waals surface area contributed by atoms with Gasteiger partial charge in [0.05, 0.1) is 11.1 Å². The number of halogens is 3. The van der Waals surface area contributed by atoms with Crippen LogP contribution in [0.2, 0.25) is 0 Å². The predicted molar refractivity (Wildman–Crippen MR) is 157 cm³/mol. The number of alkyl halides is 3. The average Bonchev–Trinajstić information content (AvgIpc) is 3.66. The normalized spacial score (nSPS) is 15.4. The second-order valence-electron chi connectivity index (χ2n) is 10.2. The summed E-state index contributed by atoms with van der Waals surface area (Å²) in [5.41, 5.74) is 0.335. The average molecular weight is 601 g/mol. The number of H-pyrrole nitrogens is 1. The lowest BCUT2D eigenvalue weighted by Gasteiger charge is -2.25. The molecule has 1 atom stereocenters. The highest BCUT2D eigenvalue weighted by Gasteiger charge is 2.33. The fraction of sp³-hybridized carbons (Fsp3) is 0.414. The van der Waals surface area contributed by atoms with E-state index in [4.69, 9.17) is 0 Å². The fourth-order valence-electron chi connectivity index (χ4n) is 5.13. The van der Waals surface area contributed by atoms with E-state index in [1.54, 1.807) is 40.7 Å². The van der Waals surface area contributed by atoms with Crippen LogP contribution < -0.4 is 16.1 Å². The smallest absolute Gasteiger partial charge is 0.349 e. The summed E-state index contributed by atoms with van der Waals surface area (Å²) in [6, 6.07) is 7.12. The van der Waals surface area contributed by atoms with Gasteiger partial charge in [-0.3, -0.25) is 28.6 Å². The number of nitrogens with one attached hydrogen (secondary N) is 1. The minimum Gasteiger partial charge on any atom is -0.349 e. The van der Waals surface area contributed by atoms with Crippen LogP contribution in [0.15, 0.2) is 52.3 Å². The quantitative estimate of drug-likeness (QED) is 0.279. The summed E-state index contributed by atoms with van der Waals surface area (Å²) in [6.07, 6.45) is 1.21. The van der Waals surface area contributed by atoms with Gasteiger partial charge in [0.25, 0.3) is 11.5 Å². The molecule has 222 valence electrons. The van der Waals surface area contributed by atoms with E-state index in [1.165, 1.54) is 9.47 Å². The minimum absolute atomic E-state index is 0.0322. The summed E-state index contributed by atoms with van der Waals surface area (Å²) in [4.78, 5) is 52.3. The molecule has 13 heteroatoms. The third kappa shape index (κ3) is 5.87. The third-order valence-corrected chi connectivity index (χ3v) is 8.58. The zero-order valence-electron chi connectivity index (χ0n) is 23.3. The van der Waals surface area contributed by atoms with E-state index >= 15 is 0 Å². The Kier molecular flexibility index (Phi) is 8.58. The lowest BCUT2D eigenvalue weighted by molar-refractivity contribution is -0.141. The van der Waals surface area contributed by atoms with E-state index < -0.39 is 17.8 Å². The maximum Gasteiger partial charge on any atom is 0.433 e. The van der Waals surface area contributed by atoms with Crippen molar-refractivity contribution >= 4 is 34.5 Å². The Morgan fingerprint density at radius 2 is 1.83 bits per heavy atom. The van der Waals surface area contributed by atoms with E-state index in [1.807, 2.05) is 13.8 Å².